The monoisotopic (exact) mass is 482 g/mol. The molecule has 1 N–H and O–H groups in total. The number of fused-ring (bicyclic) bond motifs is 1. The molecule has 3 aromatic carbocycles. The van der Waals surface area contributed by atoms with Crippen LogP contribution < -0.4 is 14.4 Å². The van der Waals surface area contributed by atoms with Crippen molar-refractivity contribution in [3.05, 3.63) is 72.8 Å². The summed E-state index contributed by atoms with van der Waals surface area (Å²) < 4.78 is 11.3. The number of carbonyl (C=O) groups is 1. The van der Waals surface area contributed by atoms with Gasteiger partial charge in [-0.15, -0.1) is 0 Å². The zero-order chi connectivity index (χ0) is 25.1. The van der Waals surface area contributed by atoms with Gasteiger partial charge in [-0.3, -0.25) is 4.79 Å². The predicted molar refractivity (Wildman–Crippen MR) is 143 cm³/mol. The summed E-state index contributed by atoms with van der Waals surface area (Å²) in [6.07, 6.45) is 1.27. The molecule has 0 amide bonds. The summed E-state index contributed by atoms with van der Waals surface area (Å²) in [4.78, 5) is 18.7. The van der Waals surface area contributed by atoms with Crippen LogP contribution in [0.3, 0.4) is 0 Å². The van der Waals surface area contributed by atoms with Crippen molar-refractivity contribution in [2.75, 3.05) is 31.7 Å². The molecule has 1 aliphatic rings. The Morgan fingerprint density at radius 2 is 1.72 bits per heavy atom. The van der Waals surface area contributed by atoms with Crippen LogP contribution in [-0.4, -0.2) is 42.9 Å². The molecule has 0 bridgehead atoms. The minimum absolute atomic E-state index is 0.277. The molecule has 6 nitrogen and oxygen atoms in total. The topological polar surface area (TPSA) is 71.9 Å². The molecule has 6 heteroatoms. The minimum Gasteiger partial charge on any atom is -0.497 e. The molecule has 0 atom stereocenters. The summed E-state index contributed by atoms with van der Waals surface area (Å²) in [5.74, 6) is 0.646. The Balaban J connectivity index is 1.53. The van der Waals surface area contributed by atoms with E-state index in [1.165, 1.54) is 0 Å². The lowest BCUT2D eigenvalue weighted by Crippen LogP contribution is -2.36. The second-order valence-corrected chi connectivity index (χ2v) is 9.02. The second kappa shape index (κ2) is 10.3. The van der Waals surface area contributed by atoms with Crippen molar-refractivity contribution in [2.45, 2.75) is 19.8 Å². The number of ether oxygens (including phenoxy) is 2. The molecule has 184 valence electrons. The number of piperidine rings is 1. The average Bonchev–Trinajstić information content (AvgIpc) is 2.92. The number of aromatic nitrogens is 1. The van der Waals surface area contributed by atoms with E-state index in [1.54, 1.807) is 7.11 Å². The number of hydrogen-bond acceptors (Lipinski definition) is 5. The number of rotatable bonds is 7. The highest BCUT2D eigenvalue weighted by Gasteiger charge is 2.26. The number of nitrogens with zero attached hydrogens (tertiary/aromatic N) is 2. The van der Waals surface area contributed by atoms with E-state index >= 15 is 0 Å². The highest BCUT2D eigenvalue weighted by molar-refractivity contribution is 5.95. The van der Waals surface area contributed by atoms with Gasteiger partial charge in [0.1, 0.15) is 11.5 Å². The molecule has 0 spiro atoms. The van der Waals surface area contributed by atoms with E-state index in [1.807, 2.05) is 43.3 Å². The maximum atomic E-state index is 11.5. The van der Waals surface area contributed by atoms with Gasteiger partial charge in [-0.25, -0.2) is 4.98 Å². The van der Waals surface area contributed by atoms with Crippen LogP contribution in [-0.2, 0) is 4.79 Å². The van der Waals surface area contributed by atoms with E-state index in [4.69, 9.17) is 14.5 Å². The van der Waals surface area contributed by atoms with E-state index in [2.05, 4.69) is 41.3 Å². The quantitative estimate of drug-likeness (QED) is 0.334. The first-order valence-corrected chi connectivity index (χ1v) is 12.4. The highest BCUT2D eigenvalue weighted by Crippen LogP contribution is 2.36. The highest BCUT2D eigenvalue weighted by atomic mass is 16.5. The molecule has 2 heterocycles. The minimum atomic E-state index is -0.703. The lowest BCUT2D eigenvalue weighted by Gasteiger charge is -2.33. The Kier molecular flexibility index (Phi) is 6.76. The number of hydrogen-bond donors (Lipinski definition) is 1. The molecule has 0 radical (unpaired) electrons. The zero-order valence-corrected chi connectivity index (χ0v) is 20.6. The van der Waals surface area contributed by atoms with Crippen LogP contribution in [0, 0.1) is 5.92 Å². The Morgan fingerprint density at radius 3 is 2.42 bits per heavy atom. The predicted octanol–water partition coefficient (Wildman–Crippen LogP) is 6.28. The molecule has 4 aromatic rings. The van der Waals surface area contributed by atoms with Crippen molar-refractivity contribution >= 4 is 22.6 Å². The van der Waals surface area contributed by atoms with Crippen LogP contribution in [0.1, 0.15) is 19.8 Å². The molecule has 36 heavy (non-hydrogen) atoms. The van der Waals surface area contributed by atoms with E-state index in [0.29, 0.717) is 32.5 Å². The van der Waals surface area contributed by atoms with Gasteiger partial charge in [0.15, 0.2) is 0 Å². The largest absolute Gasteiger partial charge is 0.497 e. The molecular weight excluding hydrogens is 452 g/mol. The van der Waals surface area contributed by atoms with E-state index < -0.39 is 5.97 Å². The van der Waals surface area contributed by atoms with E-state index in [9.17, 15) is 9.90 Å². The summed E-state index contributed by atoms with van der Waals surface area (Å²) in [7, 11) is 1.65. The van der Waals surface area contributed by atoms with Crippen molar-refractivity contribution in [2.24, 2.45) is 5.92 Å². The Labute approximate surface area is 211 Å². The second-order valence-electron chi connectivity index (χ2n) is 9.02. The number of pyridine rings is 1. The first-order valence-electron chi connectivity index (χ1n) is 12.4. The Bertz CT molecular complexity index is 1380. The third-order valence-corrected chi connectivity index (χ3v) is 6.86. The van der Waals surface area contributed by atoms with Gasteiger partial charge in [0.25, 0.3) is 0 Å². The van der Waals surface area contributed by atoms with Crippen molar-refractivity contribution in [1.82, 2.24) is 4.98 Å². The fourth-order valence-electron chi connectivity index (χ4n) is 4.90. The number of methoxy groups -OCH3 is 1. The van der Waals surface area contributed by atoms with Gasteiger partial charge in [0, 0.05) is 41.4 Å². The molecule has 1 aromatic heterocycles. The lowest BCUT2D eigenvalue weighted by atomic mass is 9.96. The van der Waals surface area contributed by atoms with Gasteiger partial charge in [-0.05, 0) is 49.6 Å². The maximum Gasteiger partial charge on any atom is 0.306 e. The third-order valence-electron chi connectivity index (χ3n) is 6.86. The zero-order valence-electron chi connectivity index (χ0n) is 20.6. The maximum absolute atomic E-state index is 11.5. The van der Waals surface area contributed by atoms with Crippen molar-refractivity contribution in [3.8, 4) is 33.9 Å². The van der Waals surface area contributed by atoms with Gasteiger partial charge >= 0.3 is 5.97 Å². The standard InChI is InChI=1S/C30H30N2O4/c1-3-36-29-7-5-4-6-24(29)20-8-10-21(11-9-20)26-19-28(32-16-14-22(15-17-32)30(33)34)25-13-12-23(35-2)18-27(25)31-26/h4-13,18-19,22H,3,14-17H2,1-2H3,(H,33,34). The lowest BCUT2D eigenvalue weighted by molar-refractivity contribution is -0.142. The average molecular weight is 483 g/mol. The fourth-order valence-corrected chi connectivity index (χ4v) is 4.90. The molecule has 1 aliphatic heterocycles. The molecule has 0 unspecified atom stereocenters. The Hall–Kier alpha value is -4.06. The van der Waals surface area contributed by atoms with Gasteiger partial charge in [0.05, 0.1) is 30.8 Å². The molecule has 1 fully saturated rings. The number of anilines is 1. The van der Waals surface area contributed by atoms with Crippen molar-refractivity contribution in [1.29, 1.82) is 0 Å². The van der Waals surface area contributed by atoms with Crippen LogP contribution in [0.2, 0.25) is 0 Å². The van der Waals surface area contributed by atoms with Crippen LogP contribution in [0.15, 0.2) is 72.8 Å². The fraction of sp³-hybridized carbons (Fsp3) is 0.267. The van der Waals surface area contributed by atoms with Crippen LogP contribution in [0.4, 0.5) is 5.69 Å². The SMILES string of the molecule is CCOc1ccccc1-c1ccc(-c2cc(N3CCC(C(=O)O)CC3)c3ccc(OC)cc3n2)cc1. The number of benzene rings is 3. The van der Waals surface area contributed by atoms with Gasteiger partial charge in [0.2, 0.25) is 0 Å². The first kappa shape index (κ1) is 23.7. The summed E-state index contributed by atoms with van der Waals surface area (Å²) in [5, 5.41) is 10.5. The van der Waals surface area contributed by atoms with Crippen LogP contribution in [0.5, 0.6) is 11.5 Å². The van der Waals surface area contributed by atoms with Crippen LogP contribution in [0.25, 0.3) is 33.3 Å². The molecular formula is C30H30N2O4. The summed E-state index contributed by atoms with van der Waals surface area (Å²) in [5.41, 5.74) is 5.96. The normalized spacial score (nSPS) is 14.1. The molecule has 0 saturated carbocycles. The third kappa shape index (κ3) is 4.71. The first-order chi connectivity index (χ1) is 17.6. The Morgan fingerprint density at radius 1 is 1.00 bits per heavy atom. The summed E-state index contributed by atoms with van der Waals surface area (Å²) in [6, 6.07) is 24.5. The number of carboxylic acids is 1. The van der Waals surface area contributed by atoms with Crippen LogP contribution >= 0.6 is 0 Å². The van der Waals surface area contributed by atoms with Gasteiger partial charge < -0.3 is 19.5 Å². The van der Waals surface area contributed by atoms with Gasteiger partial charge in [-0.2, -0.15) is 0 Å². The van der Waals surface area contributed by atoms with Gasteiger partial charge in [-0.1, -0.05) is 42.5 Å². The van der Waals surface area contributed by atoms with Crippen molar-refractivity contribution in [3.63, 3.8) is 0 Å². The van der Waals surface area contributed by atoms with E-state index in [-0.39, 0.29) is 5.92 Å². The van der Waals surface area contributed by atoms with E-state index in [0.717, 1.165) is 50.5 Å². The summed E-state index contributed by atoms with van der Waals surface area (Å²) >= 11 is 0. The molecule has 1 saturated heterocycles. The number of para-hydroxylation sites is 1. The molecule has 5 rings (SSSR count). The smallest absolute Gasteiger partial charge is 0.306 e. The number of carboxylic acid groups (broad SMARTS) is 1. The molecule has 0 aliphatic carbocycles. The summed E-state index contributed by atoms with van der Waals surface area (Å²) in [6.45, 7) is 4.01. The number of aliphatic carboxylic acids is 1. The van der Waals surface area contributed by atoms with Crippen molar-refractivity contribution < 1.29 is 19.4 Å².